The smallest absolute Gasteiger partial charge is 0.324 e. The van der Waals surface area contributed by atoms with Gasteiger partial charge in [-0.1, -0.05) is 27.2 Å². The lowest BCUT2D eigenvalue weighted by molar-refractivity contribution is -0.126. The van der Waals surface area contributed by atoms with Crippen LogP contribution in [-0.2, 0) is 9.59 Å². The molecule has 0 saturated heterocycles. The largest absolute Gasteiger partial charge is 0.463 e. The molecule has 0 spiro atoms. The number of azo groups is 1. The van der Waals surface area contributed by atoms with Crippen molar-refractivity contribution >= 4 is 45.7 Å². The van der Waals surface area contributed by atoms with E-state index < -0.39 is 17.7 Å². The first-order valence-electron chi connectivity index (χ1n) is 15.3. The van der Waals surface area contributed by atoms with E-state index in [4.69, 9.17) is 9.47 Å². The highest BCUT2D eigenvalue weighted by Crippen LogP contribution is 2.22. The van der Waals surface area contributed by atoms with Gasteiger partial charge in [0.05, 0.1) is 29.9 Å². The molecule has 0 aliphatic rings. The van der Waals surface area contributed by atoms with Gasteiger partial charge in [-0.15, -0.1) is 4.98 Å². The number of ether oxygens (including phenoxy) is 2. The van der Waals surface area contributed by atoms with Crippen LogP contribution in [0.2, 0.25) is 0 Å². The van der Waals surface area contributed by atoms with E-state index in [1.807, 2.05) is 0 Å². The first-order chi connectivity index (χ1) is 22.3. The molecule has 1 atom stereocenters. The van der Waals surface area contributed by atoms with Crippen molar-refractivity contribution in [3.8, 4) is 12.0 Å². The highest BCUT2D eigenvalue weighted by atomic mass is 16.5. The summed E-state index contributed by atoms with van der Waals surface area (Å²) in [7, 11) is 0. The Hall–Kier alpha value is -5.18. The number of fused-ring (bicyclic) bond motifs is 1. The van der Waals surface area contributed by atoms with Crippen LogP contribution >= 0.6 is 0 Å². The fourth-order valence-corrected chi connectivity index (χ4v) is 4.33. The van der Waals surface area contributed by atoms with Gasteiger partial charge in [-0.3, -0.25) is 9.59 Å². The van der Waals surface area contributed by atoms with E-state index in [0.717, 1.165) is 38.9 Å². The van der Waals surface area contributed by atoms with Crippen LogP contribution in [0.1, 0.15) is 47.0 Å². The van der Waals surface area contributed by atoms with Crippen LogP contribution in [0.15, 0.2) is 57.5 Å². The Morgan fingerprint density at radius 1 is 0.891 bits per heavy atom. The van der Waals surface area contributed by atoms with Crippen molar-refractivity contribution in [1.29, 1.82) is 0 Å². The van der Waals surface area contributed by atoms with Crippen LogP contribution < -0.4 is 25.8 Å². The number of aromatic amines is 2. The average molecular weight is 633 g/mol. The molecule has 0 radical (unpaired) electrons. The van der Waals surface area contributed by atoms with Crippen molar-refractivity contribution in [3.05, 3.63) is 52.9 Å². The average Bonchev–Trinajstić information content (AvgIpc) is 3.41. The first-order valence-corrected chi connectivity index (χ1v) is 15.3. The second-order valence-electron chi connectivity index (χ2n) is 10.4. The number of imidazole rings is 1. The van der Waals surface area contributed by atoms with Crippen LogP contribution in [-0.4, -0.2) is 80.4 Å². The van der Waals surface area contributed by atoms with Crippen molar-refractivity contribution in [1.82, 2.24) is 29.8 Å². The van der Waals surface area contributed by atoms with Crippen LogP contribution in [0.5, 0.6) is 12.0 Å². The van der Waals surface area contributed by atoms with Gasteiger partial charge in [0.25, 0.3) is 5.91 Å². The van der Waals surface area contributed by atoms with Crippen molar-refractivity contribution in [2.75, 3.05) is 43.5 Å². The van der Waals surface area contributed by atoms with Crippen molar-refractivity contribution < 1.29 is 19.1 Å². The van der Waals surface area contributed by atoms with E-state index in [1.54, 1.807) is 42.5 Å². The summed E-state index contributed by atoms with van der Waals surface area (Å²) in [6.07, 6.45) is 2.66. The molecule has 0 aliphatic heterocycles. The van der Waals surface area contributed by atoms with Crippen LogP contribution in [0, 0.1) is 0 Å². The molecule has 0 aliphatic carbocycles. The zero-order chi connectivity index (χ0) is 32.9. The number of nitrogens with one attached hydrogen (secondary N) is 4. The third-order valence-corrected chi connectivity index (χ3v) is 6.90. The molecule has 244 valence electrons. The molecule has 0 saturated carbocycles. The number of anilines is 3. The summed E-state index contributed by atoms with van der Waals surface area (Å²) in [5.74, 6) is -0.872. The zero-order valence-electron chi connectivity index (χ0n) is 26.5. The Kier molecular flexibility index (Phi) is 12.3. The van der Waals surface area contributed by atoms with Gasteiger partial charge in [-0.25, -0.2) is 4.79 Å². The molecule has 4 N–H and O–H groups in total. The SMILES string of the molecule is CCCCOc1nc(Nc2ccc(N=NC(C(C)=O)C(=O)Nc3ccc4[nH]c(=O)[nH]c4c3)cc2)nc(OCCCN(CC)CC)n1. The maximum Gasteiger partial charge on any atom is 0.324 e. The number of Topliss-reactive ketones (excluding diaryl/α,β-unsaturated/α-hetero) is 1. The number of unbranched alkanes of at least 4 members (excludes halogenated alkanes) is 1. The second kappa shape index (κ2) is 16.8. The summed E-state index contributed by atoms with van der Waals surface area (Å²) in [6.45, 7) is 11.4. The van der Waals surface area contributed by atoms with Gasteiger partial charge in [0.2, 0.25) is 12.0 Å². The second-order valence-corrected chi connectivity index (χ2v) is 10.4. The Balaban J connectivity index is 1.40. The number of hydrogen-bond acceptors (Lipinski definition) is 12. The third kappa shape index (κ3) is 9.92. The van der Waals surface area contributed by atoms with Gasteiger partial charge in [-0.2, -0.15) is 20.2 Å². The van der Waals surface area contributed by atoms with Crippen LogP contribution in [0.3, 0.4) is 0 Å². The molecule has 2 heterocycles. The van der Waals surface area contributed by atoms with Gasteiger partial charge in [0.15, 0.2) is 5.78 Å². The molecule has 1 unspecified atom stereocenters. The van der Waals surface area contributed by atoms with Crippen LogP contribution in [0.25, 0.3) is 11.0 Å². The number of carbonyl (C=O) groups excluding carboxylic acids is 2. The van der Waals surface area contributed by atoms with E-state index in [2.05, 4.69) is 71.5 Å². The molecule has 46 heavy (non-hydrogen) atoms. The van der Waals surface area contributed by atoms with E-state index in [1.165, 1.54) is 6.92 Å². The van der Waals surface area contributed by atoms with Crippen LogP contribution in [0.4, 0.5) is 23.0 Å². The summed E-state index contributed by atoms with van der Waals surface area (Å²) in [6, 6.07) is 10.6. The number of H-pyrrole nitrogens is 2. The number of benzene rings is 2. The lowest BCUT2D eigenvalue weighted by Crippen LogP contribution is -2.31. The molecular weight excluding hydrogens is 592 g/mol. The monoisotopic (exact) mass is 632 g/mol. The molecule has 4 rings (SSSR count). The fourth-order valence-electron chi connectivity index (χ4n) is 4.33. The summed E-state index contributed by atoms with van der Waals surface area (Å²) in [5, 5.41) is 13.9. The number of hydrogen-bond donors (Lipinski definition) is 4. The first kappa shape index (κ1) is 33.7. The van der Waals surface area contributed by atoms with Gasteiger partial charge >= 0.3 is 17.7 Å². The molecule has 15 nitrogen and oxygen atoms in total. The highest BCUT2D eigenvalue weighted by molar-refractivity contribution is 6.10. The fraction of sp³-hybridized carbons (Fsp3) is 0.419. The maximum absolute atomic E-state index is 12.8. The number of carbonyl (C=O) groups is 2. The van der Waals surface area contributed by atoms with E-state index in [-0.39, 0.29) is 23.7 Å². The van der Waals surface area contributed by atoms with Crippen molar-refractivity contribution in [3.63, 3.8) is 0 Å². The molecule has 1 amide bonds. The normalized spacial score (nSPS) is 12.0. The quantitative estimate of drug-likeness (QED) is 0.0676. The van der Waals surface area contributed by atoms with Gasteiger partial charge in [0.1, 0.15) is 0 Å². The number of aromatic nitrogens is 5. The molecule has 2 aromatic carbocycles. The summed E-state index contributed by atoms with van der Waals surface area (Å²) in [4.78, 5) is 57.2. The van der Waals surface area contributed by atoms with E-state index >= 15 is 0 Å². The van der Waals surface area contributed by atoms with E-state index in [9.17, 15) is 14.4 Å². The van der Waals surface area contributed by atoms with Gasteiger partial charge in [0, 0.05) is 17.9 Å². The summed E-state index contributed by atoms with van der Waals surface area (Å²) >= 11 is 0. The standard InChI is InChI=1S/C31H40N10O5/c1-5-8-17-45-30-36-28(37-31(38-30)46-18-9-16-41(6-2)7-3)33-21-10-12-22(13-11-21)39-40-26(20(4)42)27(43)32-23-14-15-24-25(19-23)35-29(44)34-24/h10-15,19,26H,5-9,16-18H2,1-4H3,(H,32,43)(H2,34,35,44)(H,33,36,37,38). The van der Waals surface area contributed by atoms with E-state index in [0.29, 0.717) is 41.3 Å². The number of rotatable bonds is 18. The molecule has 15 heteroatoms. The molecule has 4 aromatic rings. The molecule has 0 fully saturated rings. The number of amides is 1. The van der Waals surface area contributed by atoms with Gasteiger partial charge < -0.3 is 35.0 Å². The Labute approximate surface area is 266 Å². The molecule has 0 bridgehead atoms. The summed E-state index contributed by atoms with van der Waals surface area (Å²) < 4.78 is 11.5. The Bertz CT molecular complexity index is 1680. The van der Waals surface area contributed by atoms with Crippen molar-refractivity contribution in [2.45, 2.75) is 53.0 Å². The Morgan fingerprint density at radius 2 is 1.54 bits per heavy atom. The minimum absolute atomic E-state index is 0.170. The van der Waals surface area contributed by atoms with Crippen molar-refractivity contribution in [2.24, 2.45) is 10.2 Å². The highest BCUT2D eigenvalue weighted by Gasteiger charge is 2.23. The maximum atomic E-state index is 12.8. The number of nitrogens with zero attached hydrogens (tertiary/aromatic N) is 6. The lowest BCUT2D eigenvalue weighted by atomic mass is 10.2. The zero-order valence-corrected chi connectivity index (χ0v) is 26.5. The van der Waals surface area contributed by atoms with Gasteiger partial charge in [-0.05, 0) is 75.3 Å². The lowest BCUT2D eigenvalue weighted by Gasteiger charge is -2.17. The minimum Gasteiger partial charge on any atom is -0.463 e. The third-order valence-electron chi connectivity index (χ3n) is 6.90. The number of ketones is 1. The summed E-state index contributed by atoms with van der Waals surface area (Å²) in [5.41, 5.74) is 2.22. The predicted octanol–water partition coefficient (Wildman–Crippen LogP) is 4.75. The Morgan fingerprint density at radius 3 is 2.20 bits per heavy atom. The predicted molar refractivity (Wildman–Crippen MR) is 174 cm³/mol. The molecular formula is C31H40N10O5. The topological polar surface area (TPSA) is 192 Å². The molecule has 2 aromatic heterocycles. The minimum atomic E-state index is -1.36.